The number of hydrogen-bond acceptors (Lipinski definition) is 5. The number of hydrogen-bond donors (Lipinski definition) is 1. The predicted molar refractivity (Wildman–Crippen MR) is 89.7 cm³/mol. The molecule has 0 aromatic heterocycles. The fraction of sp³-hybridized carbons (Fsp3) is 0.222. The minimum absolute atomic E-state index is 0.212. The van der Waals surface area contributed by atoms with E-state index >= 15 is 0 Å². The van der Waals surface area contributed by atoms with E-state index in [1.807, 2.05) is 18.2 Å². The molecule has 5 nitrogen and oxygen atoms in total. The highest BCUT2D eigenvalue weighted by Gasteiger charge is 2.20. The molecule has 122 valence electrons. The van der Waals surface area contributed by atoms with Crippen LogP contribution in [0.25, 0.3) is 12.2 Å². The summed E-state index contributed by atoms with van der Waals surface area (Å²) in [6, 6.07) is 8.76. The maximum Gasteiger partial charge on any atom is 0.207 e. The van der Waals surface area contributed by atoms with Crippen LogP contribution in [0.5, 0.6) is 28.7 Å². The molecule has 0 radical (unpaired) electrons. The van der Waals surface area contributed by atoms with Crippen molar-refractivity contribution in [1.82, 2.24) is 0 Å². The van der Waals surface area contributed by atoms with Crippen LogP contribution in [0.4, 0.5) is 0 Å². The van der Waals surface area contributed by atoms with Gasteiger partial charge in [-0.2, -0.15) is 0 Å². The highest BCUT2D eigenvalue weighted by molar-refractivity contribution is 5.78. The number of phenols is 1. The summed E-state index contributed by atoms with van der Waals surface area (Å²) in [5.41, 5.74) is 1.63. The smallest absolute Gasteiger partial charge is 0.207 e. The second-order valence-corrected chi connectivity index (χ2v) is 4.70. The molecule has 1 N–H and O–H groups in total. The summed E-state index contributed by atoms with van der Waals surface area (Å²) in [5, 5.41) is 9.53. The Morgan fingerprint density at radius 2 is 1.48 bits per heavy atom. The van der Waals surface area contributed by atoms with Crippen LogP contribution in [0.15, 0.2) is 30.3 Å². The van der Waals surface area contributed by atoms with E-state index in [1.54, 1.807) is 52.7 Å². The van der Waals surface area contributed by atoms with E-state index in [-0.39, 0.29) is 5.75 Å². The standard InChI is InChI=1S/C18H20O5/c1-20-15-11-13(9-8-12-6-5-7-14(19)10-12)16(21-2)18(23-4)17(15)22-3/h5-11,19H,1-4H3. The fourth-order valence-corrected chi connectivity index (χ4v) is 2.30. The summed E-state index contributed by atoms with van der Waals surface area (Å²) < 4.78 is 21.6. The highest BCUT2D eigenvalue weighted by Crippen LogP contribution is 2.47. The molecule has 0 amide bonds. The summed E-state index contributed by atoms with van der Waals surface area (Å²) in [6.07, 6.45) is 3.72. The van der Waals surface area contributed by atoms with E-state index in [0.717, 1.165) is 11.1 Å². The van der Waals surface area contributed by atoms with E-state index in [9.17, 15) is 5.11 Å². The molecule has 0 bridgehead atoms. The lowest BCUT2D eigenvalue weighted by Gasteiger charge is -2.17. The average molecular weight is 316 g/mol. The molecule has 0 unspecified atom stereocenters. The molecule has 0 aliphatic heterocycles. The number of rotatable bonds is 6. The van der Waals surface area contributed by atoms with Gasteiger partial charge < -0.3 is 24.1 Å². The SMILES string of the molecule is COc1cc(C=Cc2cccc(O)c2)c(OC)c(OC)c1OC. The van der Waals surface area contributed by atoms with Crippen LogP contribution in [0.1, 0.15) is 11.1 Å². The molecule has 2 rings (SSSR count). The molecule has 0 spiro atoms. The van der Waals surface area contributed by atoms with Crippen LogP contribution in [0.2, 0.25) is 0 Å². The molecule has 5 heteroatoms. The zero-order valence-corrected chi connectivity index (χ0v) is 13.6. The first kappa shape index (κ1) is 16.5. The van der Waals surface area contributed by atoms with Crippen LogP contribution in [0, 0.1) is 0 Å². The summed E-state index contributed by atoms with van der Waals surface area (Å²) >= 11 is 0. The van der Waals surface area contributed by atoms with Crippen molar-refractivity contribution in [3.8, 4) is 28.7 Å². The lowest BCUT2D eigenvalue weighted by Crippen LogP contribution is -1.99. The van der Waals surface area contributed by atoms with Gasteiger partial charge in [0, 0.05) is 5.56 Å². The van der Waals surface area contributed by atoms with Crippen molar-refractivity contribution in [2.75, 3.05) is 28.4 Å². The van der Waals surface area contributed by atoms with Gasteiger partial charge in [-0.25, -0.2) is 0 Å². The lowest BCUT2D eigenvalue weighted by atomic mass is 10.1. The van der Waals surface area contributed by atoms with Gasteiger partial charge in [0.05, 0.1) is 28.4 Å². The van der Waals surface area contributed by atoms with Gasteiger partial charge >= 0.3 is 0 Å². The molecule has 0 aliphatic carbocycles. The Morgan fingerprint density at radius 3 is 2.04 bits per heavy atom. The third kappa shape index (κ3) is 3.51. The Labute approximate surface area is 135 Å². The monoisotopic (exact) mass is 316 g/mol. The van der Waals surface area contributed by atoms with Crippen LogP contribution in [0.3, 0.4) is 0 Å². The second-order valence-electron chi connectivity index (χ2n) is 4.70. The van der Waals surface area contributed by atoms with Crippen molar-refractivity contribution in [1.29, 1.82) is 0 Å². The van der Waals surface area contributed by atoms with Crippen LogP contribution in [-0.4, -0.2) is 33.5 Å². The van der Waals surface area contributed by atoms with Crippen molar-refractivity contribution in [3.05, 3.63) is 41.5 Å². The minimum Gasteiger partial charge on any atom is -0.508 e. The summed E-state index contributed by atoms with van der Waals surface area (Å²) in [5.74, 6) is 2.23. The molecule has 0 heterocycles. The number of phenolic OH excluding ortho intramolecular Hbond substituents is 1. The van der Waals surface area contributed by atoms with Crippen molar-refractivity contribution in [2.45, 2.75) is 0 Å². The fourth-order valence-electron chi connectivity index (χ4n) is 2.30. The molecule has 0 aliphatic rings. The molecule has 0 saturated heterocycles. The first-order valence-corrected chi connectivity index (χ1v) is 6.98. The van der Waals surface area contributed by atoms with Gasteiger partial charge in [0.2, 0.25) is 11.5 Å². The normalized spacial score (nSPS) is 10.6. The first-order valence-electron chi connectivity index (χ1n) is 6.98. The van der Waals surface area contributed by atoms with Crippen molar-refractivity contribution < 1.29 is 24.1 Å². The Hall–Kier alpha value is -2.82. The molecule has 0 saturated carbocycles. The Morgan fingerprint density at radius 1 is 0.783 bits per heavy atom. The summed E-state index contributed by atoms with van der Waals surface area (Å²) in [4.78, 5) is 0. The predicted octanol–water partition coefficient (Wildman–Crippen LogP) is 3.60. The second kappa shape index (κ2) is 7.45. The number of benzene rings is 2. The lowest BCUT2D eigenvalue weighted by molar-refractivity contribution is 0.305. The number of methoxy groups -OCH3 is 4. The summed E-state index contributed by atoms with van der Waals surface area (Å²) in [7, 11) is 6.21. The van der Waals surface area contributed by atoms with Crippen LogP contribution in [-0.2, 0) is 0 Å². The van der Waals surface area contributed by atoms with Gasteiger partial charge in [0.15, 0.2) is 11.5 Å². The van der Waals surface area contributed by atoms with Crippen LogP contribution < -0.4 is 18.9 Å². The topological polar surface area (TPSA) is 57.2 Å². The van der Waals surface area contributed by atoms with Gasteiger partial charge in [-0.1, -0.05) is 24.3 Å². The third-order valence-electron chi connectivity index (χ3n) is 3.34. The average Bonchev–Trinajstić information content (AvgIpc) is 2.58. The maximum absolute atomic E-state index is 9.53. The van der Waals surface area contributed by atoms with Gasteiger partial charge in [-0.15, -0.1) is 0 Å². The Kier molecular flexibility index (Phi) is 5.36. The molecular weight excluding hydrogens is 296 g/mol. The third-order valence-corrected chi connectivity index (χ3v) is 3.34. The highest BCUT2D eigenvalue weighted by atomic mass is 16.5. The van der Waals surface area contributed by atoms with E-state index in [1.165, 1.54) is 0 Å². The van der Waals surface area contributed by atoms with Crippen molar-refractivity contribution >= 4 is 12.2 Å². The molecular formula is C18H20O5. The Balaban J connectivity index is 2.53. The van der Waals surface area contributed by atoms with E-state index in [0.29, 0.717) is 23.0 Å². The van der Waals surface area contributed by atoms with E-state index in [2.05, 4.69) is 0 Å². The molecule has 2 aromatic rings. The van der Waals surface area contributed by atoms with E-state index < -0.39 is 0 Å². The number of aromatic hydroxyl groups is 1. The quantitative estimate of drug-likeness (QED) is 0.825. The molecule has 23 heavy (non-hydrogen) atoms. The zero-order chi connectivity index (χ0) is 16.8. The molecule has 2 aromatic carbocycles. The van der Waals surface area contributed by atoms with Gasteiger partial charge in [-0.3, -0.25) is 0 Å². The Bertz CT molecular complexity index is 707. The maximum atomic E-state index is 9.53. The zero-order valence-electron chi connectivity index (χ0n) is 13.6. The largest absolute Gasteiger partial charge is 0.508 e. The van der Waals surface area contributed by atoms with Gasteiger partial charge in [0.1, 0.15) is 5.75 Å². The van der Waals surface area contributed by atoms with E-state index in [4.69, 9.17) is 18.9 Å². The molecule has 0 fully saturated rings. The van der Waals surface area contributed by atoms with Crippen LogP contribution >= 0.6 is 0 Å². The summed E-state index contributed by atoms with van der Waals surface area (Å²) in [6.45, 7) is 0. The number of ether oxygens (including phenoxy) is 4. The van der Waals surface area contributed by atoms with Crippen molar-refractivity contribution in [3.63, 3.8) is 0 Å². The van der Waals surface area contributed by atoms with Crippen molar-refractivity contribution in [2.24, 2.45) is 0 Å². The first-order chi connectivity index (χ1) is 11.1. The molecule has 0 atom stereocenters. The minimum atomic E-state index is 0.212. The van der Waals surface area contributed by atoms with Gasteiger partial charge in [0.25, 0.3) is 0 Å². The van der Waals surface area contributed by atoms with Gasteiger partial charge in [-0.05, 0) is 23.8 Å².